The summed E-state index contributed by atoms with van der Waals surface area (Å²) in [4.78, 5) is 11.4. The third kappa shape index (κ3) is 3.82. The Morgan fingerprint density at radius 2 is 1.87 bits per heavy atom. The number of hydrogen-bond acceptors (Lipinski definition) is 5. The van der Waals surface area contributed by atoms with E-state index in [1.807, 2.05) is 0 Å². The van der Waals surface area contributed by atoms with Gasteiger partial charge in [0.05, 0.1) is 12.7 Å². The topological polar surface area (TPSA) is 65.0 Å². The van der Waals surface area contributed by atoms with Crippen LogP contribution >= 0.6 is 18.7 Å². The Labute approximate surface area is 135 Å². The maximum atomic E-state index is 12.7. The number of pyridine rings is 1. The summed E-state index contributed by atoms with van der Waals surface area (Å²) >= 11 is 5.59. The molecule has 0 radical (unpaired) electrons. The minimum absolute atomic E-state index is 0.0576. The summed E-state index contributed by atoms with van der Waals surface area (Å²) in [5.41, 5.74) is -0.547. The lowest BCUT2D eigenvalue weighted by Crippen LogP contribution is -2.11. The van der Waals surface area contributed by atoms with E-state index in [1.54, 1.807) is 13.3 Å². The van der Waals surface area contributed by atoms with Crippen molar-refractivity contribution in [3.8, 4) is 17.3 Å². The average Bonchev–Trinajstić information content (AvgIpc) is 2.44. The van der Waals surface area contributed by atoms with Gasteiger partial charge in [0, 0.05) is 6.20 Å². The molecule has 0 aliphatic rings. The largest absolute Gasteiger partial charge is 0.480 e. The van der Waals surface area contributed by atoms with Crippen LogP contribution in [0, 0.1) is 0 Å². The Morgan fingerprint density at radius 3 is 2.35 bits per heavy atom. The molecule has 0 atom stereocenters. The van der Waals surface area contributed by atoms with E-state index in [2.05, 4.69) is 15.0 Å². The van der Waals surface area contributed by atoms with Crippen LogP contribution in [0.15, 0.2) is 18.3 Å². The fraction of sp³-hybridized carbons (Fsp3) is 0.308. The van der Waals surface area contributed by atoms with E-state index in [9.17, 15) is 17.7 Å². The summed E-state index contributed by atoms with van der Waals surface area (Å²) in [7, 11) is -1.28. The first-order valence-electron chi connectivity index (χ1n) is 6.24. The molecule has 124 valence electrons. The molecule has 2 rings (SSSR count). The highest BCUT2D eigenvalue weighted by Crippen LogP contribution is 2.37. The number of rotatable bonds is 3. The van der Waals surface area contributed by atoms with E-state index in [0.717, 1.165) is 0 Å². The minimum Gasteiger partial charge on any atom is -0.480 e. The minimum atomic E-state index is -4.64. The third-order valence-corrected chi connectivity index (χ3v) is 4.52. The van der Waals surface area contributed by atoms with Gasteiger partial charge in [-0.25, -0.2) is 15.0 Å². The van der Waals surface area contributed by atoms with Crippen LogP contribution in [0.2, 0.25) is 5.15 Å². The smallest absolute Gasteiger partial charge is 0.420 e. The van der Waals surface area contributed by atoms with E-state index in [0.29, 0.717) is 11.6 Å². The second-order valence-corrected chi connectivity index (χ2v) is 8.49. The molecule has 0 saturated heterocycles. The van der Waals surface area contributed by atoms with Gasteiger partial charge in [0.15, 0.2) is 5.82 Å². The number of halogens is 4. The lowest BCUT2D eigenvalue weighted by Gasteiger charge is -2.12. The second-order valence-electron chi connectivity index (χ2n) is 4.97. The molecule has 23 heavy (non-hydrogen) atoms. The Morgan fingerprint density at radius 1 is 1.22 bits per heavy atom. The normalized spacial score (nSPS) is 12.3. The number of aromatic nitrogens is 3. The summed E-state index contributed by atoms with van der Waals surface area (Å²) in [5.74, 6) is -0.0109. The Bertz CT molecular complexity index is 793. The third-order valence-electron chi connectivity index (χ3n) is 2.88. The van der Waals surface area contributed by atoms with Crippen LogP contribution in [-0.2, 0) is 10.7 Å². The van der Waals surface area contributed by atoms with Crippen molar-refractivity contribution >= 4 is 24.2 Å². The zero-order valence-electron chi connectivity index (χ0n) is 12.3. The van der Waals surface area contributed by atoms with E-state index < -0.39 is 24.0 Å². The van der Waals surface area contributed by atoms with Crippen molar-refractivity contribution in [3.63, 3.8) is 0 Å². The molecule has 0 spiro atoms. The van der Waals surface area contributed by atoms with Crippen molar-refractivity contribution in [2.24, 2.45) is 0 Å². The van der Waals surface area contributed by atoms with Gasteiger partial charge >= 0.3 is 6.18 Å². The molecule has 0 saturated carbocycles. The maximum Gasteiger partial charge on any atom is 0.420 e. The lowest BCUT2D eigenvalue weighted by molar-refractivity contribution is -0.137. The fourth-order valence-corrected chi connectivity index (χ4v) is 2.74. The standard InChI is InChI=1S/C13H12ClF3N3O2P/c1-22-12-7(4-5-9(19-12)23(2,3)21)11-18-6-8(10(14)20-11)13(15,16)17/h4-6H,1-3H3. The molecule has 2 aromatic heterocycles. The fourth-order valence-electron chi connectivity index (χ4n) is 1.74. The van der Waals surface area contributed by atoms with Gasteiger partial charge in [0.2, 0.25) is 5.88 Å². The highest BCUT2D eigenvalue weighted by atomic mass is 35.5. The van der Waals surface area contributed by atoms with Crippen LogP contribution in [0.1, 0.15) is 5.56 Å². The van der Waals surface area contributed by atoms with Gasteiger partial charge in [-0.2, -0.15) is 13.2 Å². The zero-order chi connectivity index (χ0) is 17.4. The predicted octanol–water partition coefficient (Wildman–Crippen LogP) is 3.47. The molecule has 0 bridgehead atoms. The quantitative estimate of drug-likeness (QED) is 0.615. The van der Waals surface area contributed by atoms with E-state index in [1.165, 1.54) is 19.2 Å². The van der Waals surface area contributed by atoms with Crippen LogP contribution in [0.3, 0.4) is 0 Å². The highest BCUT2D eigenvalue weighted by molar-refractivity contribution is 7.69. The first-order valence-corrected chi connectivity index (χ1v) is 9.22. The molecule has 0 aliphatic carbocycles. The maximum absolute atomic E-state index is 12.7. The molecular weight excluding hydrogens is 354 g/mol. The summed E-state index contributed by atoms with van der Waals surface area (Å²) in [6.45, 7) is 3.08. The molecular formula is C13H12ClF3N3O2P. The number of nitrogens with zero attached hydrogens (tertiary/aromatic N) is 3. The first-order chi connectivity index (χ1) is 10.5. The molecule has 10 heteroatoms. The number of methoxy groups -OCH3 is 1. The molecule has 5 nitrogen and oxygen atoms in total. The second kappa shape index (κ2) is 6.09. The van der Waals surface area contributed by atoms with Crippen molar-refractivity contribution in [2.45, 2.75) is 6.18 Å². The SMILES string of the molecule is COc1nc(P(C)(C)=O)ccc1-c1ncc(C(F)(F)F)c(Cl)n1. The van der Waals surface area contributed by atoms with Crippen LogP contribution in [0.25, 0.3) is 11.4 Å². The Kier molecular flexibility index (Phi) is 4.69. The predicted molar refractivity (Wildman–Crippen MR) is 80.9 cm³/mol. The summed E-state index contributed by atoms with van der Waals surface area (Å²) < 4.78 is 55.2. The van der Waals surface area contributed by atoms with Crippen LogP contribution in [0.5, 0.6) is 5.88 Å². The van der Waals surface area contributed by atoms with Crippen LogP contribution < -0.4 is 10.2 Å². The molecule has 0 unspecified atom stereocenters. The first kappa shape index (κ1) is 17.7. The zero-order valence-corrected chi connectivity index (χ0v) is 14.0. The van der Waals surface area contributed by atoms with Gasteiger partial charge in [-0.1, -0.05) is 11.6 Å². The van der Waals surface area contributed by atoms with Crippen molar-refractivity contribution < 1.29 is 22.5 Å². The van der Waals surface area contributed by atoms with Crippen molar-refractivity contribution in [2.75, 3.05) is 20.4 Å². The van der Waals surface area contributed by atoms with Gasteiger partial charge in [-0.05, 0) is 25.5 Å². The number of ether oxygens (including phenoxy) is 1. The Balaban J connectivity index is 2.55. The average molecular weight is 366 g/mol. The molecule has 0 aliphatic heterocycles. The number of hydrogen-bond donors (Lipinski definition) is 0. The molecule has 0 N–H and O–H groups in total. The van der Waals surface area contributed by atoms with E-state index >= 15 is 0 Å². The van der Waals surface area contributed by atoms with Gasteiger partial charge < -0.3 is 9.30 Å². The molecule has 2 aromatic rings. The van der Waals surface area contributed by atoms with E-state index in [-0.39, 0.29) is 17.3 Å². The van der Waals surface area contributed by atoms with Crippen molar-refractivity contribution in [1.29, 1.82) is 0 Å². The molecule has 0 fully saturated rings. The van der Waals surface area contributed by atoms with Crippen LogP contribution in [0.4, 0.5) is 13.2 Å². The molecule has 0 amide bonds. The monoisotopic (exact) mass is 365 g/mol. The summed E-state index contributed by atoms with van der Waals surface area (Å²) in [6.07, 6.45) is -4.04. The van der Waals surface area contributed by atoms with Crippen molar-refractivity contribution in [1.82, 2.24) is 15.0 Å². The van der Waals surface area contributed by atoms with Crippen LogP contribution in [-0.4, -0.2) is 35.4 Å². The highest BCUT2D eigenvalue weighted by Gasteiger charge is 2.35. The number of alkyl halides is 3. The molecule has 0 aromatic carbocycles. The van der Waals surface area contributed by atoms with Gasteiger partial charge in [-0.3, -0.25) is 0 Å². The molecule has 2 heterocycles. The van der Waals surface area contributed by atoms with Gasteiger partial charge in [-0.15, -0.1) is 0 Å². The van der Waals surface area contributed by atoms with E-state index in [4.69, 9.17) is 16.3 Å². The summed E-state index contributed by atoms with van der Waals surface area (Å²) in [5, 5.41) is -0.717. The lowest BCUT2D eigenvalue weighted by atomic mass is 10.2. The summed E-state index contributed by atoms with van der Waals surface area (Å²) in [6, 6.07) is 2.98. The Hall–Kier alpha value is -1.66. The van der Waals surface area contributed by atoms with Crippen molar-refractivity contribution in [3.05, 3.63) is 29.0 Å². The van der Waals surface area contributed by atoms with Gasteiger partial charge in [0.1, 0.15) is 23.3 Å². The van der Waals surface area contributed by atoms with Gasteiger partial charge in [0.25, 0.3) is 0 Å².